The van der Waals surface area contributed by atoms with Gasteiger partial charge in [-0.15, -0.1) is 13.2 Å². The highest BCUT2D eigenvalue weighted by Crippen LogP contribution is 2.28. The van der Waals surface area contributed by atoms with E-state index in [4.69, 9.17) is 0 Å². The second-order valence-corrected chi connectivity index (χ2v) is 5.88. The second kappa shape index (κ2) is 6.72. The molecule has 0 spiro atoms. The Morgan fingerprint density at radius 2 is 2.25 bits per heavy atom. The number of halogens is 3. The molecule has 1 aromatic heterocycles. The summed E-state index contributed by atoms with van der Waals surface area (Å²) >= 11 is 0. The number of benzene rings is 1. The van der Waals surface area contributed by atoms with E-state index in [0.717, 1.165) is 43.0 Å². The van der Waals surface area contributed by atoms with Crippen LogP contribution in [0.3, 0.4) is 0 Å². The zero-order chi connectivity index (χ0) is 17.2. The number of anilines is 1. The number of aromatic nitrogens is 2. The number of rotatable bonds is 5. The lowest BCUT2D eigenvalue weighted by atomic mass is 10.2. The maximum absolute atomic E-state index is 12.3. The topological polar surface area (TPSA) is 53.2 Å². The van der Waals surface area contributed by atoms with Crippen molar-refractivity contribution in [3.8, 4) is 5.75 Å². The summed E-state index contributed by atoms with van der Waals surface area (Å²) in [4.78, 5) is 2.06. The largest absolute Gasteiger partial charge is 0.573 e. The third-order valence-electron chi connectivity index (χ3n) is 4.12. The Kier molecular flexibility index (Phi) is 4.66. The summed E-state index contributed by atoms with van der Waals surface area (Å²) in [5.74, 6) is -0.189. The van der Waals surface area contributed by atoms with Crippen LogP contribution in [0.4, 0.5) is 18.9 Å². The standard InChI is InChI=1S/C16H19F3N4O/c1-11-12(9-21-22-11)8-20-13-5-6-23(10-13)14-3-2-4-15(7-14)24-16(17,18)19/h2-4,7,9,13,20H,5-6,8,10H2,1H3,(H,21,22)/t13-/m1/s1. The van der Waals surface area contributed by atoms with Crippen LogP contribution in [0.15, 0.2) is 30.5 Å². The summed E-state index contributed by atoms with van der Waals surface area (Å²) in [5.41, 5.74) is 2.89. The maximum atomic E-state index is 12.3. The van der Waals surface area contributed by atoms with E-state index in [1.165, 1.54) is 12.1 Å². The molecule has 0 unspecified atom stereocenters. The van der Waals surface area contributed by atoms with Crippen molar-refractivity contribution in [1.82, 2.24) is 15.5 Å². The first-order valence-corrected chi connectivity index (χ1v) is 7.74. The molecular formula is C16H19F3N4O. The highest BCUT2D eigenvalue weighted by atomic mass is 19.4. The van der Waals surface area contributed by atoms with Gasteiger partial charge in [-0.1, -0.05) is 6.07 Å². The van der Waals surface area contributed by atoms with Gasteiger partial charge in [0.05, 0.1) is 6.20 Å². The fourth-order valence-electron chi connectivity index (χ4n) is 2.85. The van der Waals surface area contributed by atoms with Crippen LogP contribution < -0.4 is 15.0 Å². The van der Waals surface area contributed by atoms with Crippen LogP contribution in [-0.4, -0.2) is 35.7 Å². The number of nitrogens with zero attached hydrogens (tertiary/aromatic N) is 2. The second-order valence-electron chi connectivity index (χ2n) is 5.88. The smallest absolute Gasteiger partial charge is 0.406 e. The van der Waals surface area contributed by atoms with Crippen LogP contribution >= 0.6 is 0 Å². The Morgan fingerprint density at radius 3 is 2.96 bits per heavy atom. The van der Waals surface area contributed by atoms with Gasteiger partial charge in [0.15, 0.2) is 0 Å². The number of hydrogen-bond acceptors (Lipinski definition) is 4. The van der Waals surface area contributed by atoms with Crippen molar-refractivity contribution < 1.29 is 17.9 Å². The van der Waals surface area contributed by atoms with Crippen LogP contribution in [0.5, 0.6) is 5.75 Å². The van der Waals surface area contributed by atoms with Crippen LogP contribution in [0.1, 0.15) is 17.7 Å². The van der Waals surface area contributed by atoms with Crippen LogP contribution in [0.2, 0.25) is 0 Å². The average molecular weight is 340 g/mol. The van der Waals surface area contributed by atoms with Crippen molar-refractivity contribution in [1.29, 1.82) is 0 Å². The molecule has 24 heavy (non-hydrogen) atoms. The lowest BCUT2D eigenvalue weighted by molar-refractivity contribution is -0.274. The predicted molar refractivity (Wildman–Crippen MR) is 83.9 cm³/mol. The fourth-order valence-corrected chi connectivity index (χ4v) is 2.85. The molecule has 0 amide bonds. The fraction of sp³-hybridized carbons (Fsp3) is 0.438. The molecule has 1 aliphatic heterocycles. The van der Waals surface area contributed by atoms with E-state index >= 15 is 0 Å². The molecule has 0 saturated carbocycles. The highest BCUT2D eigenvalue weighted by Gasteiger charge is 2.31. The molecule has 1 aliphatic rings. The van der Waals surface area contributed by atoms with Crippen molar-refractivity contribution in [2.45, 2.75) is 32.3 Å². The van der Waals surface area contributed by atoms with Crippen molar-refractivity contribution in [3.63, 3.8) is 0 Å². The normalized spacial score (nSPS) is 18.2. The van der Waals surface area contributed by atoms with Gasteiger partial charge < -0.3 is 15.0 Å². The van der Waals surface area contributed by atoms with Gasteiger partial charge in [-0.25, -0.2) is 0 Å². The van der Waals surface area contributed by atoms with Crippen molar-refractivity contribution in [3.05, 3.63) is 41.7 Å². The van der Waals surface area contributed by atoms with Gasteiger partial charge in [0, 0.05) is 48.7 Å². The van der Waals surface area contributed by atoms with E-state index in [0.29, 0.717) is 0 Å². The minimum absolute atomic E-state index is 0.189. The Balaban J connectivity index is 1.57. The van der Waals surface area contributed by atoms with E-state index in [2.05, 4.69) is 25.2 Å². The number of nitrogens with one attached hydrogen (secondary N) is 2. The van der Waals surface area contributed by atoms with Gasteiger partial charge in [-0.3, -0.25) is 5.10 Å². The molecule has 5 nitrogen and oxygen atoms in total. The molecule has 0 bridgehead atoms. The summed E-state index contributed by atoms with van der Waals surface area (Å²) in [7, 11) is 0. The zero-order valence-electron chi connectivity index (χ0n) is 13.2. The van der Waals surface area contributed by atoms with E-state index in [1.807, 2.05) is 6.92 Å². The average Bonchev–Trinajstić information content (AvgIpc) is 3.12. The first kappa shape index (κ1) is 16.6. The molecule has 2 N–H and O–H groups in total. The minimum atomic E-state index is -4.67. The van der Waals surface area contributed by atoms with Gasteiger partial charge in [0.1, 0.15) is 5.75 Å². The molecule has 2 heterocycles. The van der Waals surface area contributed by atoms with Gasteiger partial charge in [0.2, 0.25) is 0 Å². The SMILES string of the molecule is Cc1[nH]ncc1CN[C@@H]1CCN(c2cccc(OC(F)(F)F)c2)C1. The number of H-pyrrole nitrogens is 1. The Labute approximate surface area is 137 Å². The third-order valence-corrected chi connectivity index (χ3v) is 4.12. The number of ether oxygens (including phenoxy) is 1. The Morgan fingerprint density at radius 1 is 1.42 bits per heavy atom. The van der Waals surface area contributed by atoms with E-state index in [-0.39, 0.29) is 11.8 Å². The van der Waals surface area contributed by atoms with Gasteiger partial charge in [0.25, 0.3) is 0 Å². The van der Waals surface area contributed by atoms with E-state index in [9.17, 15) is 13.2 Å². The zero-order valence-corrected chi connectivity index (χ0v) is 13.2. The molecule has 1 aromatic carbocycles. The van der Waals surface area contributed by atoms with Crippen molar-refractivity contribution in [2.24, 2.45) is 0 Å². The first-order chi connectivity index (χ1) is 11.4. The summed E-state index contributed by atoms with van der Waals surface area (Å²) in [5, 5.41) is 10.3. The monoisotopic (exact) mass is 340 g/mol. The molecule has 8 heteroatoms. The van der Waals surface area contributed by atoms with E-state index < -0.39 is 6.36 Å². The molecule has 1 atom stereocenters. The third kappa shape index (κ3) is 4.19. The number of aryl methyl sites for hydroxylation is 1. The van der Waals surface area contributed by atoms with Gasteiger partial charge >= 0.3 is 6.36 Å². The van der Waals surface area contributed by atoms with Crippen LogP contribution in [-0.2, 0) is 6.54 Å². The van der Waals surface area contributed by atoms with Crippen molar-refractivity contribution in [2.75, 3.05) is 18.0 Å². The Hall–Kier alpha value is -2.22. The van der Waals surface area contributed by atoms with Gasteiger partial charge in [-0.2, -0.15) is 5.10 Å². The molecule has 130 valence electrons. The quantitative estimate of drug-likeness (QED) is 0.879. The molecule has 2 aromatic rings. The molecule has 0 aliphatic carbocycles. The lowest BCUT2D eigenvalue weighted by Gasteiger charge is -2.20. The van der Waals surface area contributed by atoms with Crippen LogP contribution in [0.25, 0.3) is 0 Å². The molecule has 1 fully saturated rings. The molecule has 0 radical (unpaired) electrons. The maximum Gasteiger partial charge on any atom is 0.573 e. The number of hydrogen-bond donors (Lipinski definition) is 2. The summed E-state index contributed by atoms with van der Waals surface area (Å²) in [6.07, 6.45) is -1.94. The summed E-state index contributed by atoms with van der Waals surface area (Å²) in [6, 6.07) is 6.39. The van der Waals surface area contributed by atoms with E-state index in [1.54, 1.807) is 18.3 Å². The van der Waals surface area contributed by atoms with Gasteiger partial charge in [-0.05, 0) is 25.5 Å². The van der Waals surface area contributed by atoms with Crippen LogP contribution in [0, 0.1) is 6.92 Å². The molecule has 1 saturated heterocycles. The lowest BCUT2D eigenvalue weighted by Crippen LogP contribution is -2.32. The first-order valence-electron chi connectivity index (χ1n) is 7.74. The number of aromatic amines is 1. The summed E-state index contributed by atoms with van der Waals surface area (Å²) < 4.78 is 41.0. The Bertz CT molecular complexity index is 686. The minimum Gasteiger partial charge on any atom is -0.406 e. The summed E-state index contributed by atoms with van der Waals surface area (Å²) in [6.45, 7) is 4.22. The number of alkyl halides is 3. The molecule has 3 rings (SSSR count). The predicted octanol–water partition coefficient (Wildman–Crippen LogP) is 2.99. The van der Waals surface area contributed by atoms with Crippen molar-refractivity contribution >= 4 is 5.69 Å². The molecular weight excluding hydrogens is 321 g/mol. The highest BCUT2D eigenvalue weighted by molar-refractivity contribution is 5.51.